The third-order valence-corrected chi connectivity index (χ3v) is 4.86. The summed E-state index contributed by atoms with van der Waals surface area (Å²) in [4.78, 5) is 0. The van der Waals surface area contributed by atoms with Gasteiger partial charge in [0, 0.05) is 5.56 Å². The maximum atomic E-state index is 14.9. The Bertz CT molecular complexity index is 762. The van der Waals surface area contributed by atoms with Crippen molar-refractivity contribution in [1.82, 2.24) is 0 Å². The van der Waals surface area contributed by atoms with Gasteiger partial charge in [0.15, 0.2) is 11.6 Å². The molecule has 0 radical (unpaired) electrons. The van der Waals surface area contributed by atoms with E-state index in [1.807, 2.05) is 13.0 Å². The van der Waals surface area contributed by atoms with E-state index in [2.05, 4.69) is 12.2 Å². The van der Waals surface area contributed by atoms with E-state index < -0.39 is 11.6 Å². The van der Waals surface area contributed by atoms with Crippen LogP contribution in [0.4, 0.5) is 13.2 Å². The van der Waals surface area contributed by atoms with Gasteiger partial charge in [-0.2, -0.15) is 0 Å². The predicted octanol–water partition coefficient (Wildman–Crippen LogP) is 6.23. The smallest absolute Gasteiger partial charge is 0.159 e. The fourth-order valence-electron chi connectivity index (χ4n) is 3.52. The molecule has 3 heteroatoms. The highest BCUT2D eigenvalue weighted by Gasteiger charge is 2.23. The first kappa shape index (κ1) is 16.8. The van der Waals surface area contributed by atoms with Gasteiger partial charge in [0.25, 0.3) is 0 Å². The molecule has 1 aliphatic rings. The van der Waals surface area contributed by atoms with Gasteiger partial charge in [-0.25, -0.2) is 13.2 Å². The average Bonchev–Trinajstić information content (AvgIpc) is 2.58. The molecule has 0 bridgehead atoms. The van der Waals surface area contributed by atoms with Gasteiger partial charge in [-0.15, -0.1) is 0 Å². The number of fused-ring (bicyclic) bond motifs is 1. The maximum absolute atomic E-state index is 14.9. The van der Waals surface area contributed by atoms with Crippen molar-refractivity contribution in [2.75, 3.05) is 0 Å². The van der Waals surface area contributed by atoms with Crippen molar-refractivity contribution in [3.05, 3.63) is 71.1 Å². The largest absolute Gasteiger partial charge is 0.206 e. The molecule has 3 rings (SSSR count). The van der Waals surface area contributed by atoms with Crippen LogP contribution in [0.2, 0.25) is 0 Å². The second-order valence-corrected chi connectivity index (χ2v) is 6.45. The monoisotopic (exact) mass is 330 g/mol. The standard InChI is InChI=1S/C21H21F3/c1-2-3-4-5-14-6-9-17-15(12-14)7-10-18(21(17)24)16-8-11-19(22)20(23)13-16/h2-3,7-8,10-11,13-14H,4-6,9,12H2,1H3/b3-2+. The summed E-state index contributed by atoms with van der Waals surface area (Å²) in [6.45, 7) is 2.02. The molecule has 1 unspecified atom stereocenters. The molecule has 0 saturated carbocycles. The molecule has 24 heavy (non-hydrogen) atoms. The second-order valence-electron chi connectivity index (χ2n) is 6.45. The van der Waals surface area contributed by atoms with Crippen molar-refractivity contribution in [2.24, 2.45) is 5.92 Å². The van der Waals surface area contributed by atoms with Crippen molar-refractivity contribution >= 4 is 0 Å². The Balaban J connectivity index is 1.85. The van der Waals surface area contributed by atoms with Gasteiger partial charge in [0.1, 0.15) is 5.82 Å². The predicted molar refractivity (Wildman–Crippen MR) is 91.3 cm³/mol. The quantitative estimate of drug-likeness (QED) is 0.583. The number of hydrogen-bond donors (Lipinski definition) is 0. The zero-order valence-electron chi connectivity index (χ0n) is 13.8. The zero-order chi connectivity index (χ0) is 17.1. The molecular weight excluding hydrogens is 309 g/mol. The van der Waals surface area contributed by atoms with Crippen LogP contribution in [0.15, 0.2) is 42.5 Å². The molecule has 0 N–H and O–H groups in total. The van der Waals surface area contributed by atoms with E-state index in [9.17, 15) is 13.2 Å². The van der Waals surface area contributed by atoms with E-state index in [1.165, 1.54) is 6.07 Å². The first-order valence-corrected chi connectivity index (χ1v) is 8.47. The summed E-state index contributed by atoms with van der Waals surface area (Å²) >= 11 is 0. The van der Waals surface area contributed by atoms with Gasteiger partial charge in [0.2, 0.25) is 0 Å². The minimum Gasteiger partial charge on any atom is -0.206 e. The summed E-state index contributed by atoms with van der Waals surface area (Å²) in [5, 5.41) is 0. The summed E-state index contributed by atoms with van der Waals surface area (Å²) in [5.74, 6) is -1.57. The van der Waals surface area contributed by atoms with Gasteiger partial charge in [-0.05, 0) is 73.8 Å². The Kier molecular flexibility index (Phi) is 5.08. The molecule has 1 aliphatic carbocycles. The molecule has 0 saturated heterocycles. The fraction of sp³-hybridized carbons (Fsp3) is 0.333. The molecule has 0 aromatic heterocycles. The summed E-state index contributed by atoms with van der Waals surface area (Å²) in [6.07, 6.45) is 8.98. The molecule has 0 amide bonds. The highest BCUT2D eigenvalue weighted by atomic mass is 19.2. The van der Waals surface area contributed by atoms with Gasteiger partial charge < -0.3 is 0 Å². The number of allylic oxidation sites excluding steroid dienone is 2. The van der Waals surface area contributed by atoms with E-state index in [-0.39, 0.29) is 5.82 Å². The van der Waals surface area contributed by atoms with Crippen molar-refractivity contribution in [3.8, 4) is 11.1 Å². The zero-order valence-corrected chi connectivity index (χ0v) is 13.8. The highest BCUT2D eigenvalue weighted by molar-refractivity contribution is 5.66. The Morgan fingerprint density at radius 3 is 2.67 bits per heavy atom. The number of halogens is 3. The molecule has 2 aromatic rings. The molecule has 0 aliphatic heterocycles. The van der Waals surface area contributed by atoms with Crippen molar-refractivity contribution in [2.45, 2.75) is 39.0 Å². The van der Waals surface area contributed by atoms with Crippen LogP contribution < -0.4 is 0 Å². The Hall–Kier alpha value is -2.03. The topological polar surface area (TPSA) is 0 Å². The molecule has 0 nitrogen and oxygen atoms in total. The first-order chi connectivity index (χ1) is 11.6. The molecule has 0 fully saturated rings. The molecule has 1 atom stereocenters. The third-order valence-electron chi connectivity index (χ3n) is 4.86. The lowest BCUT2D eigenvalue weighted by atomic mass is 9.80. The Morgan fingerprint density at radius 1 is 1.08 bits per heavy atom. The minimum absolute atomic E-state index is 0.287. The van der Waals surface area contributed by atoms with Crippen LogP contribution in [0.5, 0.6) is 0 Å². The van der Waals surface area contributed by atoms with Gasteiger partial charge >= 0.3 is 0 Å². The summed E-state index contributed by atoms with van der Waals surface area (Å²) in [5.41, 5.74) is 2.51. The number of hydrogen-bond acceptors (Lipinski definition) is 0. The summed E-state index contributed by atoms with van der Waals surface area (Å²) in [6, 6.07) is 7.15. The second kappa shape index (κ2) is 7.25. The van der Waals surface area contributed by atoms with Crippen LogP contribution in [0.3, 0.4) is 0 Å². The van der Waals surface area contributed by atoms with E-state index in [0.29, 0.717) is 23.5 Å². The van der Waals surface area contributed by atoms with Gasteiger partial charge in [-0.1, -0.05) is 30.4 Å². The van der Waals surface area contributed by atoms with Crippen LogP contribution in [0.25, 0.3) is 11.1 Å². The number of rotatable bonds is 4. The lowest BCUT2D eigenvalue weighted by Gasteiger charge is -2.25. The highest BCUT2D eigenvalue weighted by Crippen LogP contribution is 2.35. The summed E-state index contributed by atoms with van der Waals surface area (Å²) in [7, 11) is 0. The third kappa shape index (κ3) is 3.40. The van der Waals surface area contributed by atoms with Crippen molar-refractivity contribution < 1.29 is 13.2 Å². The van der Waals surface area contributed by atoms with Crippen LogP contribution in [-0.4, -0.2) is 0 Å². The van der Waals surface area contributed by atoms with Crippen LogP contribution in [0, 0.1) is 23.4 Å². The van der Waals surface area contributed by atoms with E-state index in [1.54, 1.807) is 6.07 Å². The van der Waals surface area contributed by atoms with Crippen molar-refractivity contribution in [3.63, 3.8) is 0 Å². The average molecular weight is 330 g/mol. The SMILES string of the molecule is C/C=C/CCC1CCc2c(ccc(-c3ccc(F)c(F)c3)c2F)C1. The normalized spacial score (nSPS) is 17.2. The summed E-state index contributed by atoms with van der Waals surface area (Å²) < 4.78 is 41.4. The number of benzene rings is 2. The van der Waals surface area contributed by atoms with Crippen molar-refractivity contribution in [1.29, 1.82) is 0 Å². The fourth-order valence-corrected chi connectivity index (χ4v) is 3.52. The Labute approximate surface area is 141 Å². The first-order valence-electron chi connectivity index (χ1n) is 8.47. The van der Waals surface area contributed by atoms with Gasteiger partial charge in [-0.3, -0.25) is 0 Å². The molecule has 126 valence electrons. The van der Waals surface area contributed by atoms with E-state index in [0.717, 1.165) is 48.9 Å². The van der Waals surface area contributed by atoms with Crippen LogP contribution in [0.1, 0.15) is 37.3 Å². The molecule has 0 spiro atoms. The lowest BCUT2D eigenvalue weighted by Crippen LogP contribution is -2.16. The van der Waals surface area contributed by atoms with Crippen LogP contribution in [-0.2, 0) is 12.8 Å². The van der Waals surface area contributed by atoms with Crippen LogP contribution >= 0.6 is 0 Å². The Morgan fingerprint density at radius 2 is 1.92 bits per heavy atom. The molecular formula is C21H21F3. The molecule has 0 heterocycles. The van der Waals surface area contributed by atoms with E-state index >= 15 is 0 Å². The minimum atomic E-state index is -0.950. The van der Waals surface area contributed by atoms with E-state index in [4.69, 9.17) is 0 Å². The van der Waals surface area contributed by atoms with Gasteiger partial charge in [0.05, 0.1) is 0 Å². The lowest BCUT2D eigenvalue weighted by molar-refractivity contribution is 0.422. The molecule has 2 aromatic carbocycles. The maximum Gasteiger partial charge on any atom is 0.159 e.